The van der Waals surface area contributed by atoms with Crippen molar-refractivity contribution in [3.63, 3.8) is 0 Å². The topological polar surface area (TPSA) is 63.6 Å². The number of nitrogens with one attached hydrogen (secondary N) is 1. The van der Waals surface area contributed by atoms with Crippen LogP contribution in [-0.4, -0.2) is 23.6 Å². The Hall–Kier alpha value is -2.21. The van der Waals surface area contributed by atoms with Crippen molar-refractivity contribution in [1.29, 1.82) is 0 Å². The molecule has 1 aromatic heterocycles. The van der Waals surface area contributed by atoms with Gasteiger partial charge in [-0.3, -0.25) is 10.2 Å². The molecule has 1 N–H and O–H groups in total. The minimum absolute atomic E-state index is 0.0204. The van der Waals surface area contributed by atoms with Gasteiger partial charge in [0.05, 0.1) is 23.4 Å². The van der Waals surface area contributed by atoms with Crippen LogP contribution in [0, 0.1) is 12.8 Å². The number of aryl methyl sites for hydroxylation is 1. The number of carbonyl (C=O) groups excluding carboxylic acids is 1. The zero-order valence-corrected chi connectivity index (χ0v) is 14.6. The molecule has 0 unspecified atom stereocenters. The van der Waals surface area contributed by atoms with Gasteiger partial charge in [0, 0.05) is 6.92 Å². The van der Waals surface area contributed by atoms with Gasteiger partial charge in [-0.05, 0) is 30.5 Å². The normalized spacial score (nSPS) is 11.2. The minimum Gasteiger partial charge on any atom is -0.493 e. The van der Waals surface area contributed by atoms with Gasteiger partial charge in [-0.2, -0.15) is 5.10 Å². The number of nitrogens with zero attached hydrogens (tertiary/aromatic N) is 2. The van der Waals surface area contributed by atoms with E-state index in [1.165, 1.54) is 18.3 Å². The van der Waals surface area contributed by atoms with E-state index in [9.17, 15) is 4.79 Å². The maximum absolute atomic E-state index is 11.4. The Balaban J connectivity index is 1.99. The predicted octanol–water partition coefficient (Wildman–Crippen LogP) is 4.13. The molecular weight excluding hydrogens is 310 g/mol. The molecule has 0 radical (unpaired) electrons. The monoisotopic (exact) mass is 331 g/mol. The van der Waals surface area contributed by atoms with Crippen molar-refractivity contribution in [2.75, 3.05) is 12.0 Å². The lowest BCUT2D eigenvalue weighted by molar-refractivity contribution is 0.102. The van der Waals surface area contributed by atoms with Gasteiger partial charge in [0.25, 0.3) is 0 Å². The number of aromatic nitrogens is 1. The number of ether oxygens (including phenoxy) is 1. The highest BCUT2D eigenvalue weighted by Crippen LogP contribution is 2.22. The molecule has 1 heterocycles. The average Bonchev–Trinajstić information content (AvgIpc) is 2.87. The third-order valence-electron chi connectivity index (χ3n) is 2.93. The molecule has 0 saturated heterocycles. The summed E-state index contributed by atoms with van der Waals surface area (Å²) in [5.74, 6) is 1.33. The molecule has 0 amide bonds. The number of anilines is 1. The van der Waals surface area contributed by atoms with E-state index in [2.05, 4.69) is 29.4 Å². The van der Waals surface area contributed by atoms with Crippen molar-refractivity contribution in [3.05, 3.63) is 40.4 Å². The predicted molar refractivity (Wildman–Crippen MR) is 94.8 cm³/mol. The van der Waals surface area contributed by atoms with Crippen LogP contribution < -0.4 is 10.2 Å². The van der Waals surface area contributed by atoms with E-state index in [-0.39, 0.29) is 5.78 Å². The van der Waals surface area contributed by atoms with Crippen LogP contribution in [0.4, 0.5) is 5.13 Å². The molecule has 122 valence electrons. The second-order valence-electron chi connectivity index (χ2n) is 5.64. The number of Topliss-reactive ketones (excluding diaryl/α,β-unsaturated/α-hetero) is 1. The summed E-state index contributed by atoms with van der Waals surface area (Å²) in [5, 5.41) is 4.78. The molecule has 0 spiro atoms. The summed E-state index contributed by atoms with van der Waals surface area (Å²) in [6.07, 6.45) is 1.70. The SMILES string of the molecule is CC(=O)c1sc(N/N=C\c2cccc(OCC(C)C)c2)nc1C. The summed E-state index contributed by atoms with van der Waals surface area (Å²) in [6.45, 7) is 8.26. The van der Waals surface area contributed by atoms with E-state index in [0.717, 1.165) is 17.0 Å². The third-order valence-corrected chi connectivity index (χ3v) is 4.09. The maximum atomic E-state index is 11.4. The molecule has 0 bridgehead atoms. The van der Waals surface area contributed by atoms with Crippen molar-refractivity contribution in [3.8, 4) is 5.75 Å². The number of hydrogen-bond acceptors (Lipinski definition) is 6. The van der Waals surface area contributed by atoms with E-state index in [0.29, 0.717) is 22.5 Å². The second kappa shape index (κ2) is 7.87. The number of thiazole rings is 1. The number of benzene rings is 1. The summed E-state index contributed by atoms with van der Waals surface area (Å²) in [6, 6.07) is 7.73. The van der Waals surface area contributed by atoms with Gasteiger partial charge in [0.15, 0.2) is 5.78 Å². The van der Waals surface area contributed by atoms with Crippen LogP contribution in [0.1, 0.15) is 41.7 Å². The molecule has 2 rings (SSSR count). The lowest BCUT2D eigenvalue weighted by atomic mass is 10.2. The standard InChI is InChI=1S/C17H21N3O2S/c1-11(2)10-22-15-7-5-6-14(8-15)9-18-20-17-19-12(3)16(23-17)13(4)21/h5-9,11H,10H2,1-4H3,(H,19,20)/b18-9-. The molecule has 6 heteroatoms. The zero-order chi connectivity index (χ0) is 16.8. The number of ketones is 1. The Labute approximate surface area is 140 Å². The zero-order valence-electron chi connectivity index (χ0n) is 13.8. The van der Waals surface area contributed by atoms with Crippen LogP contribution in [-0.2, 0) is 0 Å². The van der Waals surface area contributed by atoms with Crippen LogP contribution in [0.2, 0.25) is 0 Å². The van der Waals surface area contributed by atoms with Gasteiger partial charge in [0.1, 0.15) is 5.75 Å². The fourth-order valence-electron chi connectivity index (χ4n) is 1.88. The van der Waals surface area contributed by atoms with E-state index in [4.69, 9.17) is 4.74 Å². The largest absolute Gasteiger partial charge is 0.493 e. The highest BCUT2D eigenvalue weighted by Gasteiger charge is 2.10. The average molecular weight is 331 g/mol. The highest BCUT2D eigenvalue weighted by atomic mass is 32.1. The number of hydrogen-bond donors (Lipinski definition) is 1. The van der Waals surface area contributed by atoms with Crippen LogP contribution in [0.3, 0.4) is 0 Å². The van der Waals surface area contributed by atoms with Crippen LogP contribution >= 0.6 is 11.3 Å². The summed E-state index contributed by atoms with van der Waals surface area (Å²) in [7, 11) is 0. The first-order chi connectivity index (χ1) is 11.0. The molecular formula is C17H21N3O2S. The fourth-order valence-corrected chi connectivity index (χ4v) is 2.69. The molecule has 0 aliphatic carbocycles. The second-order valence-corrected chi connectivity index (χ2v) is 6.64. The van der Waals surface area contributed by atoms with Gasteiger partial charge in [-0.15, -0.1) is 0 Å². The molecule has 0 aliphatic rings. The van der Waals surface area contributed by atoms with Crippen LogP contribution in [0.15, 0.2) is 29.4 Å². The van der Waals surface area contributed by atoms with E-state index >= 15 is 0 Å². The van der Waals surface area contributed by atoms with Gasteiger partial charge >= 0.3 is 0 Å². The van der Waals surface area contributed by atoms with Crippen molar-refractivity contribution in [2.24, 2.45) is 11.0 Å². The van der Waals surface area contributed by atoms with Gasteiger partial charge < -0.3 is 4.74 Å². The van der Waals surface area contributed by atoms with Crippen LogP contribution in [0.5, 0.6) is 5.75 Å². The third kappa shape index (κ3) is 5.17. The Bertz CT molecular complexity index is 708. The summed E-state index contributed by atoms with van der Waals surface area (Å²) in [4.78, 5) is 16.3. The molecule has 1 aromatic carbocycles. The van der Waals surface area contributed by atoms with Gasteiger partial charge in [-0.1, -0.05) is 37.3 Å². The Kier molecular flexibility index (Phi) is 5.87. The number of carbonyl (C=O) groups is 1. The highest BCUT2D eigenvalue weighted by molar-refractivity contribution is 7.17. The van der Waals surface area contributed by atoms with Crippen molar-refractivity contribution >= 4 is 28.5 Å². The molecule has 0 fully saturated rings. The summed E-state index contributed by atoms with van der Waals surface area (Å²) in [5.41, 5.74) is 4.52. The first-order valence-electron chi connectivity index (χ1n) is 7.46. The lowest BCUT2D eigenvalue weighted by Gasteiger charge is -2.08. The quantitative estimate of drug-likeness (QED) is 0.470. The maximum Gasteiger partial charge on any atom is 0.204 e. The molecule has 0 aliphatic heterocycles. The van der Waals surface area contributed by atoms with E-state index < -0.39 is 0 Å². The van der Waals surface area contributed by atoms with Crippen molar-refractivity contribution in [2.45, 2.75) is 27.7 Å². The fraction of sp³-hybridized carbons (Fsp3) is 0.353. The Morgan fingerprint density at radius 2 is 2.26 bits per heavy atom. The Morgan fingerprint density at radius 1 is 1.48 bits per heavy atom. The van der Waals surface area contributed by atoms with Gasteiger partial charge in [-0.25, -0.2) is 4.98 Å². The molecule has 5 nitrogen and oxygen atoms in total. The molecule has 0 saturated carbocycles. The first-order valence-corrected chi connectivity index (χ1v) is 8.27. The van der Waals surface area contributed by atoms with Gasteiger partial charge in [0.2, 0.25) is 5.13 Å². The smallest absolute Gasteiger partial charge is 0.204 e. The molecule has 23 heavy (non-hydrogen) atoms. The van der Waals surface area contributed by atoms with E-state index in [1.54, 1.807) is 6.21 Å². The van der Waals surface area contributed by atoms with Crippen molar-refractivity contribution < 1.29 is 9.53 Å². The number of rotatable bonds is 7. The van der Waals surface area contributed by atoms with Crippen molar-refractivity contribution in [1.82, 2.24) is 4.98 Å². The minimum atomic E-state index is 0.0204. The number of hydrazone groups is 1. The lowest BCUT2D eigenvalue weighted by Crippen LogP contribution is -2.04. The Morgan fingerprint density at radius 3 is 2.91 bits per heavy atom. The summed E-state index contributed by atoms with van der Waals surface area (Å²) < 4.78 is 5.69. The first kappa shape index (κ1) is 17.1. The molecule has 0 atom stereocenters. The van der Waals surface area contributed by atoms with E-state index in [1.807, 2.05) is 31.2 Å². The molecule has 2 aromatic rings. The summed E-state index contributed by atoms with van der Waals surface area (Å²) >= 11 is 1.31. The van der Waals surface area contributed by atoms with Crippen LogP contribution in [0.25, 0.3) is 0 Å².